The van der Waals surface area contributed by atoms with Crippen LogP contribution in [0.4, 0.5) is 10.1 Å². The van der Waals surface area contributed by atoms with Crippen LogP contribution in [0.25, 0.3) is 16.7 Å². The second kappa shape index (κ2) is 9.35. The highest BCUT2D eigenvalue weighted by Crippen LogP contribution is 2.34. The summed E-state index contributed by atoms with van der Waals surface area (Å²) in [6.45, 7) is 8.00. The Morgan fingerprint density at radius 2 is 1.97 bits per heavy atom. The molecule has 0 saturated carbocycles. The lowest BCUT2D eigenvalue weighted by Gasteiger charge is -2.49. The maximum absolute atomic E-state index is 14.1. The molecule has 5 rings (SSSR count). The van der Waals surface area contributed by atoms with Crippen LogP contribution in [0.2, 0.25) is 0 Å². The van der Waals surface area contributed by atoms with Gasteiger partial charge in [-0.05, 0) is 31.9 Å². The highest BCUT2D eigenvalue weighted by atomic mass is 19.1. The molecule has 1 fully saturated rings. The Hall–Kier alpha value is -3.78. The van der Waals surface area contributed by atoms with Gasteiger partial charge in [-0.1, -0.05) is 13.8 Å². The Labute approximate surface area is 208 Å². The molecule has 10 nitrogen and oxygen atoms in total. The van der Waals surface area contributed by atoms with E-state index in [1.54, 1.807) is 34.6 Å². The number of hydrogen-bond donors (Lipinski definition) is 0. The van der Waals surface area contributed by atoms with Gasteiger partial charge < -0.3 is 9.47 Å². The molecule has 3 atom stereocenters. The van der Waals surface area contributed by atoms with Gasteiger partial charge in [0.25, 0.3) is 5.56 Å². The summed E-state index contributed by atoms with van der Waals surface area (Å²) in [5, 5.41) is 18.3. The summed E-state index contributed by atoms with van der Waals surface area (Å²) in [4.78, 5) is 21.6. The number of pyridine rings is 1. The van der Waals surface area contributed by atoms with Crippen molar-refractivity contribution in [3.8, 4) is 6.07 Å². The van der Waals surface area contributed by atoms with Gasteiger partial charge in [0.2, 0.25) is 5.95 Å². The number of fused-ring (bicyclic) bond motifs is 2. The van der Waals surface area contributed by atoms with E-state index < -0.39 is 5.95 Å². The minimum absolute atomic E-state index is 0.0316. The fraction of sp³-hybridized carbons (Fsp3) is 0.480. The van der Waals surface area contributed by atoms with Crippen molar-refractivity contribution in [1.29, 1.82) is 5.26 Å². The Kier molecular flexibility index (Phi) is 6.22. The van der Waals surface area contributed by atoms with Gasteiger partial charge in [-0.25, -0.2) is 4.98 Å². The van der Waals surface area contributed by atoms with E-state index in [-0.39, 0.29) is 30.2 Å². The first kappa shape index (κ1) is 23.9. The average molecular weight is 492 g/mol. The van der Waals surface area contributed by atoms with Crippen molar-refractivity contribution >= 4 is 22.4 Å². The molecule has 0 unspecified atom stereocenters. The van der Waals surface area contributed by atoms with Crippen LogP contribution < -0.4 is 10.5 Å². The molecule has 0 radical (unpaired) electrons. The fourth-order valence-electron chi connectivity index (χ4n) is 5.32. The van der Waals surface area contributed by atoms with Crippen LogP contribution >= 0.6 is 0 Å². The molecule has 0 N–H and O–H groups in total. The van der Waals surface area contributed by atoms with Crippen molar-refractivity contribution in [2.75, 3.05) is 18.0 Å². The number of aromatic nitrogens is 6. The minimum Gasteiger partial charge on any atom is -0.364 e. The number of piperazine rings is 1. The Morgan fingerprint density at radius 3 is 2.69 bits per heavy atom. The molecule has 188 valence electrons. The van der Waals surface area contributed by atoms with Crippen LogP contribution in [0.1, 0.15) is 45.3 Å². The lowest BCUT2D eigenvalue weighted by Crippen LogP contribution is -2.59. The maximum Gasteiger partial charge on any atom is 0.252 e. The van der Waals surface area contributed by atoms with E-state index in [1.165, 1.54) is 10.7 Å². The van der Waals surface area contributed by atoms with Crippen LogP contribution in [-0.4, -0.2) is 59.0 Å². The van der Waals surface area contributed by atoms with E-state index in [0.717, 1.165) is 36.3 Å². The van der Waals surface area contributed by atoms with Crippen molar-refractivity contribution < 1.29 is 4.39 Å². The molecular weight excluding hydrogens is 461 g/mol. The molecule has 0 spiro atoms. The molecule has 0 amide bonds. The summed E-state index contributed by atoms with van der Waals surface area (Å²) in [5.41, 5.74) is 3.41. The van der Waals surface area contributed by atoms with Gasteiger partial charge in [0.15, 0.2) is 5.65 Å². The smallest absolute Gasteiger partial charge is 0.252 e. The molecule has 1 aliphatic rings. The zero-order chi connectivity index (χ0) is 25.6. The van der Waals surface area contributed by atoms with Crippen LogP contribution in [0.5, 0.6) is 0 Å². The third-order valence-electron chi connectivity index (χ3n) is 7.43. The first-order valence-corrected chi connectivity index (χ1v) is 12.3. The molecule has 4 aromatic rings. The number of imidazole rings is 1. The van der Waals surface area contributed by atoms with Crippen LogP contribution in [0, 0.1) is 17.3 Å². The summed E-state index contributed by atoms with van der Waals surface area (Å²) in [7, 11) is 1.73. The zero-order valence-electron chi connectivity index (χ0n) is 21.0. The van der Waals surface area contributed by atoms with E-state index in [1.807, 2.05) is 6.07 Å². The van der Waals surface area contributed by atoms with Gasteiger partial charge in [-0.2, -0.15) is 24.4 Å². The Balaban J connectivity index is 1.51. The number of aryl methyl sites for hydroxylation is 1. The lowest BCUT2D eigenvalue weighted by atomic mass is 9.98. The van der Waals surface area contributed by atoms with Crippen LogP contribution in [-0.2, 0) is 13.6 Å². The number of nitrogens with zero attached hydrogens (tertiary/aromatic N) is 9. The van der Waals surface area contributed by atoms with Gasteiger partial charge in [0, 0.05) is 38.3 Å². The van der Waals surface area contributed by atoms with E-state index in [2.05, 4.69) is 51.8 Å². The SMILES string of the molecule is CC[C@H]1CN([C@@H](C)c2ccc3ncc(F)n3n2)[C@H](CC)CN1c1cc(=O)n(C)c2cn(CC#N)nc12. The van der Waals surface area contributed by atoms with Crippen molar-refractivity contribution in [1.82, 2.24) is 33.8 Å². The maximum atomic E-state index is 14.1. The van der Waals surface area contributed by atoms with Gasteiger partial charge in [0.05, 0.1) is 41.4 Å². The highest BCUT2D eigenvalue weighted by molar-refractivity contribution is 5.88. The third kappa shape index (κ3) is 3.91. The summed E-state index contributed by atoms with van der Waals surface area (Å²) in [5.74, 6) is -0.479. The van der Waals surface area contributed by atoms with Crippen molar-refractivity contribution in [3.63, 3.8) is 0 Å². The molecule has 5 heterocycles. The second-order valence-electron chi connectivity index (χ2n) is 9.40. The molecule has 0 bridgehead atoms. The third-order valence-corrected chi connectivity index (χ3v) is 7.43. The standard InChI is InChI=1S/C25H30FN9O/c1-5-17-14-34(20-11-24(36)31(4)21-15-32(10-9-27)30-25(20)21)18(6-2)13-33(17)16(3)19-7-8-23-28-12-22(26)35(23)29-19/h7-8,11-12,15-18H,5-6,10,13-14H2,1-4H3/t16-,17+,18-/m0/s1. The summed E-state index contributed by atoms with van der Waals surface area (Å²) in [6.07, 6.45) is 4.71. The molecule has 11 heteroatoms. The lowest BCUT2D eigenvalue weighted by molar-refractivity contribution is 0.0984. The van der Waals surface area contributed by atoms with Crippen LogP contribution in [0.3, 0.4) is 0 Å². The number of anilines is 1. The number of hydrogen-bond acceptors (Lipinski definition) is 7. The molecule has 1 aliphatic heterocycles. The first-order chi connectivity index (χ1) is 17.4. The highest BCUT2D eigenvalue weighted by Gasteiger charge is 2.37. The first-order valence-electron chi connectivity index (χ1n) is 12.3. The van der Waals surface area contributed by atoms with Gasteiger partial charge >= 0.3 is 0 Å². The monoisotopic (exact) mass is 491 g/mol. The zero-order valence-corrected chi connectivity index (χ0v) is 21.0. The van der Waals surface area contributed by atoms with Gasteiger partial charge in [-0.3, -0.25) is 14.4 Å². The van der Waals surface area contributed by atoms with Gasteiger partial charge in [-0.15, -0.1) is 0 Å². The summed E-state index contributed by atoms with van der Waals surface area (Å²) < 4.78 is 18.5. The topological polar surface area (TPSA) is 100 Å². The molecule has 1 saturated heterocycles. The summed E-state index contributed by atoms with van der Waals surface area (Å²) >= 11 is 0. The number of nitriles is 1. The molecule has 36 heavy (non-hydrogen) atoms. The van der Waals surface area contributed by atoms with E-state index in [0.29, 0.717) is 17.7 Å². The predicted octanol–water partition coefficient (Wildman–Crippen LogP) is 2.88. The predicted molar refractivity (Wildman–Crippen MR) is 134 cm³/mol. The number of halogens is 1. The quantitative estimate of drug-likeness (QED) is 0.409. The van der Waals surface area contributed by atoms with Crippen molar-refractivity contribution in [2.24, 2.45) is 7.05 Å². The second-order valence-corrected chi connectivity index (χ2v) is 9.40. The Morgan fingerprint density at radius 1 is 1.19 bits per heavy atom. The average Bonchev–Trinajstić information content (AvgIpc) is 3.48. The van der Waals surface area contributed by atoms with E-state index >= 15 is 0 Å². The van der Waals surface area contributed by atoms with Crippen molar-refractivity contribution in [3.05, 3.63) is 52.6 Å². The van der Waals surface area contributed by atoms with E-state index in [4.69, 9.17) is 5.26 Å². The molecule has 0 aromatic carbocycles. The Bertz CT molecular complexity index is 1510. The molecule has 0 aliphatic carbocycles. The van der Waals surface area contributed by atoms with Gasteiger partial charge in [0.1, 0.15) is 12.1 Å². The summed E-state index contributed by atoms with van der Waals surface area (Å²) in [6, 6.07) is 7.79. The van der Waals surface area contributed by atoms with Crippen LogP contribution in [0.15, 0.2) is 35.4 Å². The largest absolute Gasteiger partial charge is 0.364 e. The molecular formula is C25H30FN9O. The number of rotatable bonds is 6. The van der Waals surface area contributed by atoms with E-state index in [9.17, 15) is 9.18 Å². The normalized spacial score (nSPS) is 19.7. The fourth-order valence-corrected chi connectivity index (χ4v) is 5.32. The van der Waals surface area contributed by atoms with Crippen molar-refractivity contribution in [2.45, 2.75) is 58.3 Å². The molecule has 4 aromatic heterocycles. The minimum atomic E-state index is -0.479.